The van der Waals surface area contributed by atoms with Crippen LogP contribution in [0, 0.1) is 0 Å². The molecule has 83 heavy (non-hydrogen) atoms. The fourth-order valence-electron chi connectivity index (χ4n) is 10.8. The number of hydrogen-bond donors (Lipinski definition) is 6. The van der Waals surface area contributed by atoms with Gasteiger partial charge in [-0.05, 0) is 77.0 Å². The highest BCUT2D eigenvalue weighted by molar-refractivity contribution is 5.76. The summed E-state index contributed by atoms with van der Waals surface area (Å²) < 4.78 is 11.4. The first kappa shape index (κ1) is 78.1. The summed E-state index contributed by atoms with van der Waals surface area (Å²) in [6.07, 6.45) is 83.2. The molecule has 480 valence electrons. The molecule has 9 heteroatoms. The molecule has 1 fully saturated rings. The molecule has 1 saturated heterocycles. The van der Waals surface area contributed by atoms with Crippen LogP contribution in [0.1, 0.15) is 309 Å². The van der Waals surface area contributed by atoms with E-state index in [0.717, 1.165) is 89.9 Å². The molecule has 6 N–H and O–H groups in total. The van der Waals surface area contributed by atoms with Crippen LogP contribution in [0.15, 0.2) is 97.2 Å². The topological polar surface area (TPSA) is 149 Å². The van der Waals surface area contributed by atoms with E-state index < -0.39 is 49.5 Å². The van der Waals surface area contributed by atoms with Crippen molar-refractivity contribution in [3.63, 3.8) is 0 Å². The maximum Gasteiger partial charge on any atom is 0.220 e. The van der Waals surface area contributed by atoms with E-state index in [1.54, 1.807) is 0 Å². The Balaban J connectivity index is 2.10. The Morgan fingerprint density at radius 2 is 0.747 bits per heavy atom. The van der Waals surface area contributed by atoms with Crippen molar-refractivity contribution >= 4 is 5.91 Å². The molecule has 0 aliphatic carbocycles. The van der Waals surface area contributed by atoms with E-state index in [1.165, 1.54) is 193 Å². The molecule has 0 aromatic carbocycles. The molecule has 0 bridgehead atoms. The van der Waals surface area contributed by atoms with Crippen molar-refractivity contribution in [2.45, 2.75) is 352 Å². The highest BCUT2D eigenvalue weighted by Gasteiger charge is 2.44. The average molecular weight is 1160 g/mol. The van der Waals surface area contributed by atoms with Gasteiger partial charge in [0.15, 0.2) is 6.29 Å². The van der Waals surface area contributed by atoms with Crippen LogP contribution in [0.2, 0.25) is 0 Å². The summed E-state index contributed by atoms with van der Waals surface area (Å²) in [5.41, 5.74) is 0. The predicted molar refractivity (Wildman–Crippen MR) is 355 cm³/mol. The lowest BCUT2D eigenvalue weighted by Gasteiger charge is -2.40. The number of carbonyl (C=O) groups excluding carboxylic acids is 1. The summed E-state index contributed by atoms with van der Waals surface area (Å²) in [6.45, 7) is 3.75. The van der Waals surface area contributed by atoms with Crippen LogP contribution < -0.4 is 5.32 Å². The number of aliphatic hydroxyl groups is 5. The van der Waals surface area contributed by atoms with E-state index in [-0.39, 0.29) is 12.5 Å². The van der Waals surface area contributed by atoms with Gasteiger partial charge in [0.1, 0.15) is 24.4 Å². The van der Waals surface area contributed by atoms with Crippen molar-refractivity contribution in [2.24, 2.45) is 0 Å². The summed E-state index contributed by atoms with van der Waals surface area (Å²) in [5.74, 6) is -0.144. The number of nitrogens with one attached hydrogen (secondary N) is 1. The quantitative estimate of drug-likeness (QED) is 0.0261. The van der Waals surface area contributed by atoms with Gasteiger partial charge in [0.05, 0.1) is 25.4 Å². The monoisotopic (exact) mass is 1160 g/mol. The zero-order valence-electron chi connectivity index (χ0n) is 53.7. The maximum atomic E-state index is 13.1. The second-order valence-electron chi connectivity index (χ2n) is 23.9. The van der Waals surface area contributed by atoms with Crippen LogP contribution in [0.25, 0.3) is 0 Å². The minimum Gasteiger partial charge on any atom is -0.394 e. The van der Waals surface area contributed by atoms with E-state index >= 15 is 0 Å². The van der Waals surface area contributed by atoms with Crippen molar-refractivity contribution in [1.29, 1.82) is 0 Å². The zero-order valence-corrected chi connectivity index (χ0v) is 53.7. The Morgan fingerprint density at radius 1 is 0.422 bits per heavy atom. The highest BCUT2D eigenvalue weighted by Crippen LogP contribution is 2.23. The summed E-state index contributed by atoms with van der Waals surface area (Å²) >= 11 is 0. The lowest BCUT2D eigenvalue weighted by Crippen LogP contribution is -2.60. The molecule has 9 nitrogen and oxygen atoms in total. The highest BCUT2D eigenvalue weighted by atomic mass is 16.7. The molecule has 1 aliphatic rings. The van der Waals surface area contributed by atoms with Gasteiger partial charge >= 0.3 is 0 Å². The molecule has 7 atom stereocenters. The van der Waals surface area contributed by atoms with Crippen LogP contribution in [0.3, 0.4) is 0 Å². The summed E-state index contributed by atoms with van der Waals surface area (Å²) in [7, 11) is 0. The fourth-order valence-corrected chi connectivity index (χ4v) is 10.8. The third-order valence-corrected chi connectivity index (χ3v) is 16.2. The van der Waals surface area contributed by atoms with Gasteiger partial charge < -0.3 is 40.3 Å². The van der Waals surface area contributed by atoms with Crippen molar-refractivity contribution in [2.75, 3.05) is 13.2 Å². The third-order valence-electron chi connectivity index (χ3n) is 16.2. The van der Waals surface area contributed by atoms with E-state index in [0.29, 0.717) is 12.8 Å². The van der Waals surface area contributed by atoms with Gasteiger partial charge in [-0.15, -0.1) is 0 Å². The molecule has 1 rings (SSSR count). The van der Waals surface area contributed by atoms with E-state index in [4.69, 9.17) is 9.47 Å². The van der Waals surface area contributed by atoms with E-state index in [9.17, 15) is 30.3 Å². The van der Waals surface area contributed by atoms with Gasteiger partial charge in [-0.2, -0.15) is 0 Å². The Hall–Kier alpha value is -2.89. The van der Waals surface area contributed by atoms with Gasteiger partial charge in [-0.3, -0.25) is 4.79 Å². The summed E-state index contributed by atoms with van der Waals surface area (Å²) in [4.78, 5) is 13.1. The van der Waals surface area contributed by atoms with Crippen molar-refractivity contribution < 1.29 is 39.8 Å². The molecular weight excluding hydrogens is 1030 g/mol. The molecule has 0 radical (unpaired) electrons. The van der Waals surface area contributed by atoms with E-state index in [2.05, 4.69) is 116 Å². The Labute approximate surface area is 511 Å². The lowest BCUT2D eigenvalue weighted by molar-refractivity contribution is -0.302. The number of carbonyl (C=O) groups is 1. The van der Waals surface area contributed by atoms with Crippen molar-refractivity contribution in [3.8, 4) is 0 Å². The van der Waals surface area contributed by atoms with Crippen molar-refractivity contribution in [3.05, 3.63) is 97.2 Å². The minimum atomic E-state index is -1.56. The number of hydrogen-bond acceptors (Lipinski definition) is 8. The Bertz CT molecular complexity index is 1630. The standard InChI is InChI=1S/C74H131NO8/c1-3-5-7-9-11-13-15-17-19-21-23-25-26-27-28-29-30-31-32-33-34-35-36-37-38-39-40-41-42-44-46-48-50-52-54-56-58-60-62-64-70(78)75-67(66-82-74-73(81)72(80)71(79)69(65-76)83-74)68(77)63-61-59-57-55-53-51-49-47-45-43-24-22-20-18-16-14-12-10-8-6-4-2/h5,7,11,13,17,19,23,25,27-28,30-31,33-34,36-37,67-69,71-74,76-77,79-81H,3-4,6,8-10,12,14-16,18,20-22,24,26,29,32,35,38-66H2,1-2H3,(H,75,78)/b7-5-,13-11-,19-17-,25-23-,28-27-,31-30-,34-33-,37-36-. The Kier molecular flexibility index (Phi) is 58.5. The van der Waals surface area contributed by atoms with Crippen LogP contribution in [0.4, 0.5) is 0 Å². The zero-order chi connectivity index (χ0) is 60.0. The summed E-state index contributed by atoms with van der Waals surface area (Å²) in [5, 5.41) is 54.9. The molecule has 7 unspecified atom stereocenters. The number of allylic oxidation sites excluding steroid dienone is 16. The normalized spacial score (nSPS) is 18.9. The number of rotatable bonds is 60. The first-order valence-corrected chi connectivity index (χ1v) is 34.9. The first-order valence-electron chi connectivity index (χ1n) is 34.9. The molecular formula is C74H131NO8. The largest absolute Gasteiger partial charge is 0.394 e. The molecule has 1 aliphatic heterocycles. The van der Waals surface area contributed by atoms with Crippen LogP contribution in [0.5, 0.6) is 0 Å². The predicted octanol–water partition coefficient (Wildman–Crippen LogP) is 19.1. The molecule has 0 aromatic rings. The average Bonchev–Trinajstić information content (AvgIpc) is 3.60. The molecule has 0 saturated carbocycles. The molecule has 0 aromatic heterocycles. The second kappa shape index (κ2) is 62.2. The van der Waals surface area contributed by atoms with Crippen LogP contribution in [-0.4, -0.2) is 87.5 Å². The van der Waals surface area contributed by atoms with Gasteiger partial charge in [0.2, 0.25) is 5.91 Å². The smallest absolute Gasteiger partial charge is 0.220 e. The van der Waals surface area contributed by atoms with Crippen molar-refractivity contribution in [1.82, 2.24) is 5.32 Å². The molecule has 0 spiro atoms. The number of amides is 1. The van der Waals surface area contributed by atoms with Crippen LogP contribution >= 0.6 is 0 Å². The number of unbranched alkanes of at least 4 members (excludes halogenated alkanes) is 34. The third kappa shape index (κ3) is 50.9. The summed E-state index contributed by atoms with van der Waals surface area (Å²) in [6, 6.07) is -0.725. The fraction of sp³-hybridized carbons (Fsp3) is 0.770. The van der Waals surface area contributed by atoms with Gasteiger partial charge in [-0.25, -0.2) is 0 Å². The van der Waals surface area contributed by atoms with Gasteiger partial charge in [0, 0.05) is 6.42 Å². The molecule has 1 amide bonds. The van der Waals surface area contributed by atoms with E-state index in [1.807, 2.05) is 0 Å². The molecule has 1 heterocycles. The van der Waals surface area contributed by atoms with Gasteiger partial charge in [0.25, 0.3) is 0 Å². The number of ether oxygens (including phenoxy) is 2. The lowest BCUT2D eigenvalue weighted by atomic mass is 9.99. The Morgan fingerprint density at radius 3 is 1.11 bits per heavy atom. The number of aliphatic hydroxyl groups excluding tert-OH is 5. The van der Waals surface area contributed by atoms with Crippen LogP contribution in [-0.2, 0) is 14.3 Å². The SMILES string of the molecule is CC/C=C\C/C=C\C/C=C\C/C=C\C/C=C\C/C=C\C/C=C\C/C=C\CCCCCCCCCCCCCCCCC(=O)NC(COC1OC(CO)C(O)C(O)C1O)C(O)CCCCCCCCCCCCCCCCCCCCCCC. The second-order valence-corrected chi connectivity index (χ2v) is 23.9. The minimum absolute atomic E-state index is 0.139. The first-order chi connectivity index (χ1) is 40.8. The van der Waals surface area contributed by atoms with Gasteiger partial charge in [-0.1, -0.05) is 323 Å². The maximum absolute atomic E-state index is 13.1.